The quantitative estimate of drug-likeness (QED) is 0.849. The molecule has 1 saturated carbocycles. The van der Waals surface area contributed by atoms with Gasteiger partial charge in [-0.15, -0.1) is 0 Å². The maximum absolute atomic E-state index is 5.07. The second kappa shape index (κ2) is 5.43. The molecular weight excluding hydrogens is 202 g/mol. The summed E-state index contributed by atoms with van der Waals surface area (Å²) in [4.78, 5) is 4.19. The van der Waals surface area contributed by atoms with Crippen molar-refractivity contribution in [2.24, 2.45) is 5.92 Å². The van der Waals surface area contributed by atoms with E-state index in [2.05, 4.69) is 22.4 Å². The van der Waals surface area contributed by atoms with Crippen LogP contribution in [0.25, 0.3) is 0 Å². The lowest BCUT2D eigenvalue weighted by atomic mass is 9.87. The van der Waals surface area contributed by atoms with Gasteiger partial charge < -0.3 is 9.84 Å². The van der Waals surface area contributed by atoms with Crippen molar-refractivity contribution < 1.29 is 4.52 Å². The van der Waals surface area contributed by atoms with Crippen LogP contribution in [0.5, 0.6) is 0 Å². The van der Waals surface area contributed by atoms with Crippen LogP contribution in [0.4, 0.5) is 0 Å². The van der Waals surface area contributed by atoms with E-state index in [0.717, 1.165) is 30.6 Å². The Balaban J connectivity index is 1.67. The molecule has 0 bridgehead atoms. The van der Waals surface area contributed by atoms with E-state index in [9.17, 15) is 0 Å². The molecule has 1 aromatic heterocycles. The van der Waals surface area contributed by atoms with Gasteiger partial charge in [0.2, 0.25) is 5.89 Å². The molecule has 0 aromatic carbocycles. The van der Waals surface area contributed by atoms with E-state index in [-0.39, 0.29) is 0 Å². The van der Waals surface area contributed by atoms with Crippen LogP contribution in [0.3, 0.4) is 0 Å². The summed E-state index contributed by atoms with van der Waals surface area (Å²) >= 11 is 0. The van der Waals surface area contributed by atoms with Crippen LogP contribution in [-0.2, 0) is 6.42 Å². The van der Waals surface area contributed by atoms with Crippen LogP contribution < -0.4 is 5.32 Å². The normalized spacial score (nSPS) is 25.9. The minimum atomic E-state index is 0.688. The molecule has 0 saturated heterocycles. The Labute approximate surface area is 96.8 Å². The zero-order chi connectivity index (χ0) is 11.4. The van der Waals surface area contributed by atoms with Crippen molar-refractivity contribution in [2.75, 3.05) is 6.54 Å². The number of hydrogen-bond acceptors (Lipinski definition) is 4. The van der Waals surface area contributed by atoms with Crippen molar-refractivity contribution in [3.8, 4) is 0 Å². The highest BCUT2D eigenvalue weighted by atomic mass is 16.5. The molecule has 0 aliphatic heterocycles. The average molecular weight is 223 g/mol. The summed E-state index contributed by atoms with van der Waals surface area (Å²) in [6.07, 6.45) is 6.21. The molecule has 16 heavy (non-hydrogen) atoms. The van der Waals surface area contributed by atoms with Gasteiger partial charge in [0.05, 0.1) is 0 Å². The van der Waals surface area contributed by atoms with Gasteiger partial charge in [-0.2, -0.15) is 4.98 Å². The summed E-state index contributed by atoms with van der Waals surface area (Å²) in [6.45, 7) is 5.14. The second-order valence-electron chi connectivity index (χ2n) is 4.91. The fourth-order valence-electron chi connectivity index (χ4n) is 2.44. The minimum Gasteiger partial charge on any atom is -0.339 e. The molecule has 4 heteroatoms. The number of rotatable bonds is 4. The second-order valence-corrected chi connectivity index (χ2v) is 4.91. The van der Waals surface area contributed by atoms with E-state index in [4.69, 9.17) is 4.52 Å². The van der Waals surface area contributed by atoms with Crippen LogP contribution in [-0.4, -0.2) is 22.7 Å². The fourth-order valence-corrected chi connectivity index (χ4v) is 2.44. The first-order chi connectivity index (χ1) is 7.74. The minimum absolute atomic E-state index is 0.688. The number of nitrogens with zero attached hydrogens (tertiary/aromatic N) is 2. The van der Waals surface area contributed by atoms with Gasteiger partial charge in [-0.25, -0.2) is 0 Å². The predicted molar refractivity (Wildman–Crippen MR) is 62.2 cm³/mol. The summed E-state index contributed by atoms with van der Waals surface area (Å²) in [5.41, 5.74) is 0. The van der Waals surface area contributed by atoms with E-state index >= 15 is 0 Å². The van der Waals surface area contributed by atoms with Crippen LogP contribution >= 0.6 is 0 Å². The summed E-state index contributed by atoms with van der Waals surface area (Å²) < 4.78 is 5.07. The number of aryl methyl sites for hydroxylation is 1. The Morgan fingerprint density at radius 2 is 2.31 bits per heavy atom. The van der Waals surface area contributed by atoms with Crippen molar-refractivity contribution >= 4 is 0 Å². The maximum atomic E-state index is 5.07. The maximum Gasteiger partial charge on any atom is 0.227 e. The standard InChI is InChI=1S/C12H21N3O/c1-9-4-3-5-11(8-9)13-7-6-12-14-10(2)15-16-12/h9,11,13H,3-8H2,1-2H3. The summed E-state index contributed by atoms with van der Waals surface area (Å²) in [7, 11) is 0. The van der Waals surface area contributed by atoms with E-state index in [1.807, 2.05) is 6.92 Å². The monoisotopic (exact) mass is 223 g/mol. The lowest BCUT2D eigenvalue weighted by molar-refractivity contribution is 0.298. The van der Waals surface area contributed by atoms with Crippen molar-refractivity contribution in [1.82, 2.24) is 15.5 Å². The van der Waals surface area contributed by atoms with Crippen LogP contribution in [0.1, 0.15) is 44.3 Å². The van der Waals surface area contributed by atoms with Gasteiger partial charge >= 0.3 is 0 Å². The van der Waals surface area contributed by atoms with Crippen LogP contribution in [0.2, 0.25) is 0 Å². The van der Waals surface area contributed by atoms with Crippen molar-refractivity contribution in [3.63, 3.8) is 0 Å². The molecule has 1 aromatic rings. The summed E-state index contributed by atoms with van der Waals surface area (Å²) in [5.74, 6) is 2.34. The molecule has 2 atom stereocenters. The lowest BCUT2D eigenvalue weighted by Crippen LogP contribution is -2.34. The summed E-state index contributed by atoms with van der Waals surface area (Å²) in [5, 5.41) is 7.36. The molecule has 1 fully saturated rings. The SMILES string of the molecule is Cc1noc(CCNC2CCCC(C)C2)n1. The molecule has 90 valence electrons. The lowest BCUT2D eigenvalue weighted by Gasteiger charge is -2.27. The van der Waals surface area contributed by atoms with Crippen molar-refractivity contribution in [3.05, 3.63) is 11.7 Å². The molecule has 0 amide bonds. The Kier molecular flexibility index (Phi) is 3.93. The Morgan fingerprint density at radius 3 is 3.00 bits per heavy atom. The van der Waals surface area contributed by atoms with Gasteiger partial charge in [0, 0.05) is 19.0 Å². The smallest absolute Gasteiger partial charge is 0.227 e. The molecule has 0 radical (unpaired) electrons. The third-order valence-electron chi connectivity index (χ3n) is 3.28. The highest BCUT2D eigenvalue weighted by molar-refractivity contribution is 4.84. The highest BCUT2D eigenvalue weighted by Gasteiger charge is 2.18. The van der Waals surface area contributed by atoms with E-state index in [0.29, 0.717) is 6.04 Å². The number of aromatic nitrogens is 2. The fraction of sp³-hybridized carbons (Fsp3) is 0.833. The van der Waals surface area contributed by atoms with Gasteiger partial charge in [0.15, 0.2) is 5.82 Å². The van der Waals surface area contributed by atoms with Gasteiger partial charge in [-0.3, -0.25) is 0 Å². The Morgan fingerprint density at radius 1 is 1.44 bits per heavy atom. The summed E-state index contributed by atoms with van der Waals surface area (Å²) in [6, 6.07) is 0.688. The predicted octanol–water partition coefficient (Wildman–Crippen LogP) is 2.09. The molecular formula is C12H21N3O. The Hall–Kier alpha value is -0.900. The van der Waals surface area contributed by atoms with Gasteiger partial charge in [-0.05, 0) is 25.7 Å². The topological polar surface area (TPSA) is 51.0 Å². The third kappa shape index (κ3) is 3.30. The molecule has 1 aliphatic carbocycles. The molecule has 4 nitrogen and oxygen atoms in total. The highest BCUT2D eigenvalue weighted by Crippen LogP contribution is 2.23. The first kappa shape index (κ1) is 11.6. The number of hydrogen-bond donors (Lipinski definition) is 1. The largest absolute Gasteiger partial charge is 0.339 e. The molecule has 2 rings (SSSR count). The number of nitrogens with one attached hydrogen (secondary N) is 1. The van der Waals surface area contributed by atoms with Crippen molar-refractivity contribution in [2.45, 2.75) is 52.0 Å². The third-order valence-corrected chi connectivity index (χ3v) is 3.28. The zero-order valence-electron chi connectivity index (χ0n) is 10.2. The van der Waals surface area contributed by atoms with E-state index in [1.54, 1.807) is 0 Å². The first-order valence-electron chi connectivity index (χ1n) is 6.26. The van der Waals surface area contributed by atoms with Crippen molar-refractivity contribution in [1.29, 1.82) is 0 Å². The van der Waals surface area contributed by atoms with E-state index in [1.165, 1.54) is 25.7 Å². The van der Waals surface area contributed by atoms with Gasteiger partial charge in [-0.1, -0.05) is 24.9 Å². The first-order valence-corrected chi connectivity index (χ1v) is 6.26. The molecule has 1 N–H and O–H groups in total. The molecule has 2 unspecified atom stereocenters. The van der Waals surface area contributed by atoms with E-state index < -0.39 is 0 Å². The molecule has 1 heterocycles. The van der Waals surface area contributed by atoms with Gasteiger partial charge in [0.1, 0.15) is 0 Å². The van der Waals surface area contributed by atoms with Crippen LogP contribution in [0, 0.1) is 12.8 Å². The molecule has 0 spiro atoms. The zero-order valence-corrected chi connectivity index (χ0v) is 10.2. The Bertz CT molecular complexity index is 324. The molecule has 1 aliphatic rings. The average Bonchev–Trinajstić information content (AvgIpc) is 2.64. The van der Waals surface area contributed by atoms with Crippen LogP contribution in [0.15, 0.2) is 4.52 Å². The van der Waals surface area contributed by atoms with Gasteiger partial charge in [0.25, 0.3) is 0 Å².